The van der Waals surface area contributed by atoms with Crippen LogP contribution in [0.5, 0.6) is 0 Å². The molecule has 4 fully saturated rings. The maximum atomic E-state index is 13.1. The van der Waals surface area contributed by atoms with Crippen molar-refractivity contribution in [1.29, 1.82) is 5.26 Å². The Morgan fingerprint density at radius 2 is 1.73 bits per heavy atom. The Balaban J connectivity index is 1.03. The molecule has 2 N–H and O–H groups in total. The smallest absolute Gasteiger partial charge is 0.237 e. The summed E-state index contributed by atoms with van der Waals surface area (Å²) in [6.45, 7) is 2.80. The Morgan fingerprint density at radius 1 is 1.00 bits per heavy atom. The molecule has 2 aromatic rings. The van der Waals surface area contributed by atoms with Gasteiger partial charge in [0.15, 0.2) is 0 Å². The van der Waals surface area contributed by atoms with E-state index in [0.29, 0.717) is 17.5 Å². The summed E-state index contributed by atoms with van der Waals surface area (Å²) >= 11 is 0. The normalized spacial score (nSPS) is 36.5. The molecule has 2 bridgehead atoms. The van der Waals surface area contributed by atoms with E-state index in [1.54, 1.807) is 0 Å². The van der Waals surface area contributed by atoms with Crippen LogP contribution in [-0.2, 0) is 24.4 Å². The van der Waals surface area contributed by atoms with Gasteiger partial charge in [-0.15, -0.1) is 0 Å². The fraction of sp³-hybridized carbons (Fsp3) is 0.500. The number of fused-ring (bicyclic) bond motifs is 2. The van der Waals surface area contributed by atoms with E-state index < -0.39 is 0 Å². The van der Waals surface area contributed by atoms with Crippen LogP contribution in [0.2, 0.25) is 0 Å². The lowest BCUT2D eigenvalue weighted by Crippen LogP contribution is -2.77. The third kappa shape index (κ3) is 2.62. The van der Waals surface area contributed by atoms with E-state index in [2.05, 4.69) is 53.1 Å². The first-order chi connectivity index (χ1) is 16.0. The topological polar surface area (TPSA) is 68.2 Å². The van der Waals surface area contributed by atoms with E-state index in [-0.39, 0.29) is 17.0 Å². The predicted molar refractivity (Wildman–Crippen MR) is 125 cm³/mol. The maximum Gasteiger partial charge on any atom is 0.237 e. The van der Waals surface area contributed by atoms with Crippen LogP contribution in [0, 0.1) is 28.6 Å². The summed E-state index contributed by atoms with van der Waals surface area (Å²) in [5.74, 6) is 1.89. The summed E-state index contributed by atoms with van der Waals surface area (Å²) in [5.41, 5.74) is 5.26. The first kappa shape index (κ1) is 19.8. The minimum atomic E-state index is 0.138. The van der Waals surface area contributed by atoms with E-state index in [1.807, 2.05) is 17.0 Å². The van der Waals surface area contributed by atoms with Crippen LogP contribution in [-0.4, -0.2) is 28.4 Å². The molecule has 4 saturated carbocycles. The molecule has 1 amide bonds. The predicted octanol–water partition coefficient (Wildman–Crippen LogP) is 3.48. The number of benzene rings is 2. The van der Waals surface area contributed by atoms with Crippen LogP contribution in [0.3, 0.4) is 0 Å². The highest BCUT2D eigenvalue weighted by Gasteiger charge is 2.83. The summed E-state index contributed by atoms with van der Waals surface area (Å²) in [5, 5.41) is 16.9. The summed E-state index contributed by atoms with van der Waals surface area (Å²) in [6.07, 6.45) is 6.27. The SMILES string of the molecule is N#Cc1ccc(CNC23CC4CC5CC(NCC(=O)N6Cc7ccccc7C6)(C2)C45C3)cc1. The molecule has 5 nitrogen and oxygen atoms in total. The molecule has 4 aliphatic carbocycles. The van der Waals surface area contributed by atoms with Crippen molar-refractivity contribution in [2.45, 2.75) is 62.8 Å². The lowest BCUT2D eigenvalue weighted by atomic mass is 9.35. The van der Waals surface area contributed by atoms with Crippen LogP contribution >= 0.6 is 0 Å². The number of hydrogen-bond donors (Lipinski definition) is 2. The number of carbonyl (C=O) groups excluding carboxylic acids is 1. The molecule has 2 aromatic carbocycles. The number of hydrogen-bond acceptors (Lipinski definition) is 4. The minimum absolute atomic E-state index is 0.138. The van der Waals surface area contributed by atoms with Crippen LogP contribution in [0.4, 0.5) is 0 Å². The number of nitriles is 1. The molecule has 5 unspecified atom stereocenters. The minimum Gasteiger partial charge on any atom is -0.333 e. The van der Waals surface area contributed by atoms with Gasteiger partial charge in [0.05, 0.1) is 18.2 Å². The molecule has 1 aliphatic heterocycles. The molecule has 168 valence electrons. The third-order valence-electron chi connectivity index (χ3n) is 9.94. The number of carbonyl (C=O) groups is 1. The Kier molecular flexibility index (Phi) is 4.00. The molecule has 1 spiro atoms. The maximum absolute atomic E-state index is 13.1. The lowest BCUT2D eigenvalue weighted by molar-refractivity contribution is -0.207. The Hall–Kier alpha value is -2.68. The van der Waals surface area contributed by atoms with E-state index in [9.17, 15) is 4.79 Å². The molecule has 0 radical (unpaired) electrons. The van der Waals surface area contributed by atoms with Gasteiger partial charge in [-0.1, -0.05) is 36.4 Å². The van der Waals surface area contributed by atoms with Gasteiger partial charge in [0.2, 0.25) is 5.91 Å². The number of nitrogens with zero attached hydrogens (tertiary/aromatic N) is 2. The zero-order valence-electron chi connectivity index (χ0n) is 18.9. The Morgan fingerprint density at radius 3 is 2.42 bits per heavy atom. The first-order valence-corrected chi connectivity index (χ1v) is 12.4. The number of rotatable bonds is 6. The fourth-order valence-corrected chi connectivity index (χ4v) is 8.59. The fourth-order valence-electron chi connectivity index (χ4n) is 8.59. The van der Waals surface area contributed by atoms with Gasteiger partial charge in [0.25, 0.3) is 0 Å². The van der Waals surface area contributed by atoms with Gasteiger partial charge < -0.3 is 15.5 Å². The average molecular weight is 439 g/mol. The lowest BCUT2D eigenvalue weighted by Gasteiger charge is -2.73. The van der Waals surface area contributed by atoms with Crippen molar-refractivity contribution in [2.24, 2.45) is 17.3 Å². The highest BCUT2D eigenvalue weighted by Crippen LogP contribution is 2.83. The van der Waals surface area contributed by atoms with Crippen LogP contribution in [0.25, 0.3) is 0 Å². The molecule has 7 rings (SSSR count). The molecule has 0 saturated heterocycles. The van der Waals surface area contributed by atoms with Gasteiger partial charge in [-0.05, 0) is 78.2 Å². The van der Waals surface area contributed by atoms with Crippen molar-refractivity contribution in [3.63, 3.8) is 0 Å². The monoisotopic (exact) mass is 438 g/mol. The van der Waals surface area contributed by atoms with Crippen LogP contribution < -0.4 is 10.6 Å². The van der Waals surface area contributed by atoms with E-state index in [1.165, 1.54) is 42.4 Å². The van der Waals surface area contributed by atoms with E-state index >= 15 is 0 Å². The Labute approximate surface area is 195 Å². The van der Waals surface area contributed by atoms with Gasteiger partial charge in [-0.2, -0.15) is 5.26 Å². The summed E-state index contributed by atoms with van der Waals surface area (Å²) < 4.78 is 0. The Bertz CT molecular complexity index is 1160. The van der Waals surface area contributed by atoms with Crippen molar-refractivity contribution in [2.75, 3.05) is 6.54 Å². The third-order valence-corrected chi connectivity index (χ3v) is 9.94. The van der Waals surface area contributed by atoms with Crippen molar-refractivity contribution in [3.05, 3.63) is 70.8 Å². The van der Waals surface area contributed by atoms with Crippen LogP contribution in [0.1, 0.15) is 54.4 Å². The highest BCUT2D eigenvalue weighted by molar-refractivity contribution is 5.79. The molecule has 33 heavy (non-hydrogen) atoms. The van der Waals surface area contributed by atoms with Crippen LogP contribution in [0.15, 0.2) is 48.5 Å². The van der Waals surface area contributed by atoms with Crippen molar-refractivity contribution in [3.8, 4) is 6.07 Å². The second-order valence-electron chi connectivity index (χ2n) is 11.3. The molecule has 5 aliphatic rings. The van der Waals surface area contributed by atoms with Crippen molar-refractivity contribution in [1.82, 2.24) is 15.5 Å². The summed E-state index contributed by atoms with van der Waals surface area (Å²) in [7, 11) is 0. The molecular formula is C28H30N4O. The summed E-state index contributed by atoms with van der Waals surface area (Å²) in [4.78, 5) is 15.1. The average Bonchev–Trinajstić information content (AvgIpc) is 3.46. The van der Waals surface area contributed by atoms with Crippen molar-refractivity contribution < 1.29 is 4.79 Å². The quantitative estimate of drug-likeness (QED) is 0.725. The highest BCUT2D eigenvalue weighted by atomic mass is 16.2. The van der Waals surface area contributed by atoms with E-state index in [4.69, 9.17) is 5.26 Å². The first-order valence-electron chi connectivity index (χ1n) is 12.4. The number of nitrogens with one attached hydrogen (secondary N) is 2. The standard InChI is InChI=1S/C28H30N4O/c29-12-19-5-7-20(8-6-19)13-30-26-10-23-9-24-11-27(17-26,28(23,24)18-26)31-14-25(33)32-15-21-3-1-2-4-22(21)16-32/h1-8,23-24,30-31H,9-11,13-18H2. The van der Waals surface area contributed by atoms with E-state index in [0.717, 1.165) is 37.9 Å². The van der Waals surface area contributed by atoms with Crippen molar-refractivity contribution >= 4 is 5.91 Å². The molecular weight excluding hydrogens is 408 g/mol. The second-order valence-corrected chi connectivity index (χ2v) is 11.3. The molecule has 5 heteroatoms. The van der Waals surface area contributed by atoms with Gasteiger partial charge in [-0.3, -0.25) is 4.79 Å². The van der Waals surface area contributed by atoms with Gasteiger partial charge >= 0.3 is 0 Å². The summed E-state index contributed by atoms with van der Waals surface area (Å²) in [6, 6.07) is 18.6. The molecule has 0 aromatic heterocycles. The molecule has 1 heterocycles. The largest absolute Gasteiger partial charge is 0.333 e. The van der Waals surface area contributed by atoms with Gasteiger partial charge in [-0.25, -0.2) is 0 Å². The van der Waals surface area contributed by atoms with Gasteiger partial charge in [0.1, 0.15) is 0 Å². The van der Waals surface area contributed by atoms with Gasteiger partial charge in [0, 0.05) is 30.7 Å². The second kappa shape index (κ2) is 6.68. The zero-order chi connectivity index (χ0) is 22.3. The zero-order valence-corrected chi connectivity index (χ0v) is 18.9. The number of amides is 1. The molecule has 5 atom stereocenters.